The van der Waals surface area contributed by atoms with Crippen LogP contribution in [0.3, 0.4) is 0 Å². The second-order valence-electron chi connectivity index (χ2n) is 4.74. The molecule has 0 bridgehead atoms. The van der Waals surface area contributed by atoms with Crippen molar-refractivity contribution < 1.29 is 23.5 Å². The Labute approximate surface area is 124 Å². The normalized spacial score (nSPS) is 22.0. The Kier molecular flexibility index (Phi) is 3.66. The minimum absolute atomic E-state index is 0.0633. The molecule has 0 aromatic carbocycles. The number of imide groups is 1. The molecule has 1 aromatic heterocycles. The van der Waals surface area contributed by atoms with E-state index in [1.165, 1.54) is 4.90 Å². The lowest BCUT2D eigenvalue weighted by atomic mass is 10.4. The first-order valence-electron chi connectivity index (χ1n) is 6.63. The van der Waals surface area contributed by atoms with E-state index in [2.05, 4.69) is 10.2 Å². The van der Waals surface area contributed by atoms with E-state index in [9.17, 15) is 14.4 Å². The van der Waals surface area contributed by atoms with Crippen LogP contribution < -0.4 is 0 Å². The number of likely N-dealkylation sites (tertiary alicyclic amines) is 1. The maximum absolute atomic E-state index is 12.1. The average Bonchev–Trinajstić information content (AvgIpc) is 3.08. The Balaban J connectivity index is 1.66. The van der Waals surface area contributed by atoms with Gasteiger partial charge in [-0.15, -0.1) is 5.10 Å². The fourth-order valence-electron chi connectivity index (χ4n) is 2.09. The van der Waals surface area contributed by atoms with Gasteiger partial charge in [0.2, 0.25) is 11.8 Å². The lowest BCUT2D eigenvalue weighted by Gasteiger charge is -2.12. The van der Waals surface area contributed by atoms with Crippen molar-refractivity contribution in [2.75, 3.05) is 6.61 Å². The Morgan fingerprint density at radius 3 is 2.86 bits per heavy atom. The molecule has 1 atom stereocenters. The zero-order valence-corrected chi connectivity index (χ0v) is 12.1. The minimum atomic E-state index is -0.703. The first-order chi connectivity index (χ1) is 10.1. The van der Waals surface area contributed by atoms with Gasteiger partial charge in [0, 0.05) is 12.5 Å². The van der Waals surface area contributed by atoms with Crippen molar-refractivity contribution in [3.8, 4) is 0 Å². The highest BCUT2D eigenvalue weighted by atomic mass is 32.2. The van der Waals surface area contributed by atoms with Crippen molar-refractivity contribution in [3.05, 3.63) is 5.89 Å². The van der Waals surface area contributed by atoms with Gasteiger partial charge in [0.15, 0.2) is 0 Å². The van der Waals surface area contributed by atoms with Gasteiger partial charge >= 0.3 is 11.9 Å². The molecule has 8 nitrogen and oxygen atoms in total. The van der Waals surface area contributed by atoms with Crippen molar-refractivity contribution in [1.29, 1.82) is 0 Å². The average molecular weight is 311 g/mol. The number of amides is 2. The first kappa shape index (κ1) is 14.1. The van der Waals surface area contributed by atoms with Crippen LogP contribution in [0, 0.1) is 0 Å². The summed E-state index contributed by atoms with van der Waals surface area (Å²) in [6.07, 6.45) is 1.88. The molecule has 0 N–H and O–H groups in total. The molecular formula is C12H13N3O5S. The number of hydrogen-bond acceptors (Lipinski definition) is 8. The van der Waals surface area contributed by atoms with Gasteiger partial charge in [-0.25, -0.2) is 4.79 Å². The molecule has 112 valence electrons. The maximum Gasteiger partial charge on any atom is 0.396 e. The first-order valence-corrected chi connectivity index (χ1v) is 7.51. The lowest BCUT2D eigenvalue weighted by Crippen LogP contribution is -2.33. The Hall–Kier alpha value is -1.90. The molecule has 1 saturated carbocycles. The van der Waals surface area contributed by atoms with E-state index in [4.69, 9.17) is 9.15 Å². The van der Waals surface area contributed by atoms with Gasteiger partial charge in [-0.1, -0.05) is 16.9 Å². The summed E-state index contributed by atoms with van der Waals surface area (Å²) in [5.41, 5.74) is 0. The molecule has 0 radical (unpaired) electrons. The number of carbonyl (C=O) groups excluding carboxylic acids is 3. The molecule has 3 rings (SSSR count). The number of nitrogens with zero attached hydrogens (tertiary/aromatic N) is 3. The van der Waals surface area contributed by atoms with Crippen LogP contribution in [-0.4, -0.2) is 50.8 Å². The number of hydrogen-bond donors (Lipinski definition) is 0. The van der Waals surface area contributed by atoms with Crippen LogP contribution in [0.1, 0.15) is 36.9 Å². The molecule has 9 heteroatoms. The van der Waals surface area contributed by atoms with E-state index in [1.54, 1.807) is 6.92 Å². The molecule has 1 saturated heterocycles. The maximum atomic E-state index is 12.1. The molecule has 1 unspecified atom stereocenters. The number of esters is 1. The number of ether oxygens (including phenoxy) is 1. The second kappa shape index (κ2) is 5.47. The fraction of sp³-hybridized carbons (Fsp3) is 0.583. The number of aromatic nitrogens is 2. The molecule has 2 amide bonds. The van der Waals surface area contributed by atoms with Crippen molar-refractivity contribution in [3.63, 3.8) is 0 Å². The molecule has 2 fully saturated rings. The second-order valence-corrected chi connectivity index (χ2v) is 5.89. The largest absolute Gasteiger partial charge is 0.459 e. The monoisotopic (exact) mass is 311 g/mol. The Morgan fingerprint density at radius 2 is 2.19 bits per heavy atom. The van der Waals surface area contributed by atoms with Gasteiger partial charge in [0.05, 0.1) is 6.61 Å². The van der Waals surface area contributed by atoms with Crippen LogP contribution in [0.5, 0.6) is 0 Å². The summed E-state index contributed by atoms with van der Waals surface area (Å²) in [5.74, 6) is -1.34. The summed E-state index contributed by atoms with van der Waals surface area (Å²) < 4.78 is 9.87. The van der Waals surface area contributed by atoms with Gasteiger partial charge in [0.1, 0.15) is 5.25 Å². The van der Waals surface area contributed by atoms with E-state index >= 15 is 0 Å². The van der Waals surface area contributed by atoms with Gasteiger partial charge in [0.25, 0.3) is 5.22 Å². The van der Waals surface area contributed by atoms with Crippen LogP contribution in [0.2, 0.25) is 0 Å². The summed E-state index contributed by atoms with van der Waals surface area (Å²) in [4.78, 5) is 36.7. The van der Waals surface area contributed by atoms with Crippen LogP contribution in [0.25, 0.3) is 0 Å². The summed E-state index contributed by atoms with van der Waals surface area (Å²) in [5, 5.41) is 6.78. The van der Waals surface area contributed by atoms with Gasteiger partial charge in [-0.05, 0) is 19.8 Å². The van der Waals surface area contributed by atoms with E-state index in [-0.39, 0.29) is 42.0 Å². The minimum Gasteiger partial charge on any atom is -0.459 e. The topological polar surface area (TPSA) is 103 Å². The zero-order valence-electron chi connectivity index (χ0n) is 11.3. The number of rotatable bonds is 5. The van der Waals surface area contributed by atoms with Crippen molar-refractivity contribution >= 4 is 29.5 Å². The summed E-state index contributed by atoms with van der Waals surface area (Å²) in [7, 11) is 0. The van der Waals surface area contributed by atoms with Crippen LogP contribution in [0.4, 0.5) is 0 Å². The molecule has 21 heavy (non-hydrogen) atoms. The Morgan fingerprint density at radius 1 is 1.43 bits per heavy atom. The fourth-order valence-corrected chi connectivity index (χ4v) is 2.98. The Bertz CT molecular complexity index is 597. The van der Waals surface area contributed by atoms with Crippen LogP contribution >= 0.6 is 11.8 Å². The molecule has 0 spiro atoms. The van der Waals surface area contributed by atoms with Gasteiger partial charge in [-0.2, -0.15) is 0 Å². The molecule has 1 aliphatic carbocycles. The lowest BCUT2D eigenvalue weighted by molar-refractivity contribution is -0.138. The highest BCUT2D eigenvalue weighted by Gasteiger charge is 2.47. The number of carbonyl (C=O) groups is 3. The molecule has 1 aromatic rings. The van der Waals surface area contributed by atoms with Crippen molar-refractivity contribution in [2.45, 2.75) is 42.7 Å². The third-order valence-corrected chi connectivity index (χ3v) is 4.17. The third-order valence-electron chi connectivity index (χ3n) is 3.15. The summed E-state index contributed by atoms with van der Waals surface area (Å²) in [6, 6.07) is 0.0633. The van der Waals surface area contributed by atoms with E-state index in [1.807, 2.05) is 0 Å². The SMILES string of the molecule is CCOC(=O)c1nnc(SC2CC(=O)N(C3CC3)C2=O)o1. The van der Waals surface area contributed by atoms with Gasteiger partial charge < -0.3 is 9.15 Å². The highest BCUT2D eigenvalue weighted by molar-refractivity contribution is 8.00. The van der Waals surface area contributed by atoms with Crippen molar-refractivity contribution in [2.24, 2.45) is 0 Å². The van der Waals surface area contributed by atoms with E-state index < -0.39 is 11.2 Å². The third kappa shape index (κ3) is 2.78. The standard InChI is InChI=1S/C12H13N3O5S/c1-2-19-11(18)9-13-14-12(20-9)21-7-5-8(16)15(10(7)17)6-3-4-6/h6-7H,2-5H2,1H3. The highest BCUT2D eigenvalue weighted by Crippen LogP contribution is 2.37. The smallest absolute Gasteiger partial charge is 0.396 e. The molecule has 1 aliphatic heterocycles. The summed E-state index contributed by atoms with van der Waals surface area (Å²) >= 11 is 1.01. The zero-order chi connectivity index (χ0) is 15.0. The van der Waals surface area contributed by atoms with E-state index in [0.717, 1.165) is 24.6 Å². The summed E-state index contributed by atoms with van der Waals surface area (Å²) in [6.45, 7) is 1.87. The quantitative estimate of drug-likeness (QED) is 0.576. The molecular weight excluding hydrogens is 298 g/mol. The number of thioether (sulfide) groups is 1. The molecule has 2 aliphatic rings. The van der Waals surface area contributed by atoms with Crippen LogP contribution in [0.15, 0.2) is 9.64 Å². The van der Waals surface area contributed by atoms with E-state index in [0.29, 0.717) is 0 Å². The van der Waals surface area contributed by atoms with Crippen LogP contribution in [-0.2, 0) is 14.3 Å². The van der Waals surface area contributed by atoms with Gasteiger partial charge in [-0.3, -0.25) is 14.5 Å². The predicted molar refractivity (Wildman–Crippen MR) is 69.4 cm³/mol. The van der Waals surface area contributed by atoms with Crippen molar-refractivity contribution in [1.82, 2.24) is 15.1 Å². The molecule has 2 heterocycles. The predicted octanol–water partition coefficient (Wildman–Crippen LogP) is 0.628.